The second-order valence-corrected chi connectivity index (χ2v) is 4.65. The van der Waals surface area contributed by atoms with Crippen LogP contribution in [0, 0.1) is 0 Å². The molecule has 2 amide bonds. The Morgan fingerprint density at radius 3 is 2.90 bits per heavy atom. The molecule has 0 aliphatic carbocycles. The Bertz CT molecular complexity index is 570. The Morgan fingerprint density at radius 1 is 1.33 bits per heavy atom. The van der Waals surface area contributed by atoms with Gasteiger partial charge in [0.1, 0.15) is 5.75 Å². The number of unbranched alkanes of at least 4 members (excludes halogenated alkanes) is 1. The van der Waals surface area contributed by atoms with Crippen molar-refractivity contribution >= 4 is 23.5 Å². The van der Waals surface area contributed by atoms with Crippen LogP contribution < -0.4 is 15.4 Å². The third-order valence-electron chi connectivity index (χ3n) is 2.98. The van der Waals surface area contributed by atoms with E-state index >= 15 is 0 Å². The van der Waals surface area contributed by atoms with Gasteiger partial charge < -0.3 is 20.5 Å². The van der Waals surface area contributed by atoms with Gasteiger partial charge in [0.05, 0.1) is 5.69 Å². The van der Waals surface area contributed by atoms with Gasteiger partial charge in [-0.1, -0.05) is 0 Å². The summed E-state index contributed by atoms with van der Waals surface area (Å²) in [5.41, 5.74) is 0.891. The average Bonchev–Trinajstić information content (AvgIpc) is 2.45. The normalized spacial score (nSPS) is 12.9. The van der Waals surface area contributed by atoms with Crippen molar-refractivity contribution in [3.05, 3.63) is 23.8 Å². The van der Waals surface area contributed by atoms with Gasteiger partial charge in [0, 0.05) is 18.5 Å². The van der Waals surface area contributed by atoms with E-state index in [-0.39, 0.29) is 24.8 Å². The van der Waals surface area contributed by atoms with Crippen molar-refractivity contribution in [2.75, 3.05) is 18.5 Å². The van der Waals surface area contributed by atoms with Crippen molar-refractivity contribution in [3.8, 4) is 5.75 Å². The number of benzene rings is 1. The predicted octanol–water partition coefficient (Wildman–Crippen LogP) is 1.00. The van der Waals surface area contributed by atoms with E-state index in [1.165, 1.54) is 0 Å². The molecule has 1 aliphatic rings. The molecule has 0 radical (unpaired) electrons. The Labute approximate surface area is 121 Å². The summed E-state index contributed by atoms with van der Waals surface area (Å²) >= 11 is 0. The summed E-state index contributed by atoms with van der Waals surface area (Å²) in [6.45, 7) is 0.383. The van der Waals surface area contributed by atoms with Crippen molar-refractivity contribution < 1.29 is 24.2 Å². The van der Waals surface area contributed by atoms with Crippen LogP contribution in [-0.4, -0.2) is 36.0 Å². The second kappa shape index (κ2) is 6.74. The summed E-state index contributed by atoms with van der Waals surface area (Å²) in [7, 11) is 0. The molecule has 0 fully saturated rings. The first-order chi connectivity index (χ1) is 10.1. The van der Waals surface area contributed by atoms with E-state index in [4.69, 9.17) is 9.84 Å². The molecule has 1 aromatic rings. The minimum Gasteiger partial charge on any atom is -0.482 e. The van der Waals surface area contributed by atoms with Crippen LogP contribution in [-0.2, 0) is 9.59 Å². The van der Waals surface area contributed by atoms with Crippen LogP contribution in [0.3, 0.4) is 0 Å². The number of fused-ring (bicyclic) bond motifs is 1. The summed E-state index contributed by atoms with van der Waals surface area (Å²) in [5.74, 6) is -0.832. The number of hydrogen-bond donors (Lipinski definition) is 3. The molecule has 0 aromatic heterocycles. The number of anilines is 1. The van der Waals surface area contributed by atoms with Gasteiger partial charge in [0.25, 0.3) is 11.8 Å². The first-order valence-electron chi connectivity index (χ1n) is 6.63. The largest absolute Gasteiger partial charge is 0.482 e. The molecular weight excluding hydrogens is 276 g/mol. The number of carbonyl (C=O) groups excluding carboxylic acids is 2. The monoisotopic (exact) mass is 292 g/mol. The highest BCUT2D eigenvalue weighted by Gasteiger charge is 2.17. The maximum Gasteiger partial charge on any atom is 0.303 e. The number of carboxylic acids is 1. The molecule has 1 aliphatic heterocycles. The number of ether oxygens (including phenoxy) is 1. The number of nitrogens with one attached hydrogen (secondary N) is 2. The van der Waals surface area contributed by atoms with E-state index in [1.54, 1.807) is 18.2 Å². The summed E-state index contributed by atoms with van der Waals surface area (Å²) in [6, 6.07) is 4.80. The van der Waals surface area contributed by atoms with E-state index < -0.39 is 5.97 Å². The van der Waals surface area contributed by atoms with Gasteiger partial charge in [-0.25, -0.2) is 0 Å². The van der Waals surface area contributed by atoms with E-state index in [0.29, 0.717) is 36.4 Å². The molecule has 3 N–H and O–H groups in total. The van der Waals surface area contributed by atoms with Crippen LogP contribution in [0.2, 0.25) is 0 Å². The van der Waals surface area contributed by atoms with Crippen molar-refractivity contribution in [3.63, 3.8) is 0 Å². The zero-order valence-corrected chi connectivity index (χ0v) is 11.3. The maximum atomic E-state index is 11.9. The van der Waals surface area contributed by atoms with E-state index in [9.17, 15) is 14.4 Å². The summed E-state index contributed by atoms with van der Waals surface area (Å²) in [5, 5.41) is 13.8. The molecule has 2 rings (SSSR count). The summed E-state index contributed by atoms with van der Waals surface area (Å²) in [6.07, 6.45) is 1.21. The lowest BCUT2D eigenvalue weighted by atomic mass is 10.1. The molecule has 1 heterocycles. The van der Waals surface area contributed by atoms with Crippen LogP contribution in [0.5, 0.6) is 5.75 Å². The summed E-state index contributed by atoms with van der Waals surface area (Å²) < 4.78 is 5.21. The van der Waals surface area contributed by atoms with Crippen LogP contribution in [0.1, 0.15) is 29.6 Å². The third kappa shape index (κ3) is 4.20. The van der Waals surface area contributed by atoms with Crippen LogP contribution in [0.25, 0.3) is 0 Å². The molecule has 21 heavy (non-hydrogen) atoms. The lowest BCUT2D eigenvalue weighted by Gasteiger charge is -2.18. The fourth-order valence-electron chi connectivity index (χ4n) is 1.93. The van der Waals surface area contributed by atoms with Crippen LogP contribution in [0.4, 0.5) is 5.69 Å². The van der Waals surface area contributed by atoms with Crippen LogP contribution in [0.15, 0.2) is 18.2 Å². The molecule has 1 aromatic carbocycles. The topological polar surface area (TPSA) is 105 Å². The minimum atomic E-state index is -0.841. The predicted molar refractivity (Wildman–Crippen MR) is 74.4 cm³/mol. The van der Waals surface area contributed by atoms with E-state index in [2.05, 4.69) is 10.6 Å². The smallest absolute Gasteiger partial charge is 0.303 e. The van der Waals surface area contributed by atoms with Crippen molar-refractivity contribution in [2.24, 2.45) is 0 Å². The first-order valence-corrected chi connectivity index (χ1v) is 6.63. The number of aliphatic carboxylic acids is 1. The third-order valence-corrected chi connectivity index (χ3v) is 2.98. The molecule has 0 saturated carbocycles. The van der Waals surface area contributed by atoms with E-state index in [1.807, 2.05) is 0 Å². The Morgan fingerprint density at radius 2 is 2.14 bits per heavy atom. The van der Waals surface area contributed by atoms with Crippen molar-refractivity contribution in [2.45, 2.75) is 19.3 Å². The fraction of sp³-hybridized carbons (Fsp3) is 0.357. The Balaban J connectivity index is 1.86. The molecule has 0 unspecified atom stereocenters. The zero-order valence-electron chi connectivity index (χ0n) is 11.3. The van der Waals surface area contributed by atoms with Gasteiger partial charge in [-0.2, -0.15) is 0 Å². The molecule has 0 bridgehead atoms. The number of amides is 2. The van der Waals surface area contributed by atoms with Gasteiger partial charge in [-0.3, -0.25) is 14.4 Å². The maximum absolute atomic E-state index is 11.9. The standard InChI is InChI=1S/C14H16N2O5/c17-12-8-21-11-5-4-9(7-10(11)16-12)14(20)15-6-2-1-3-13(18)19/h4-5,7H,1-3,6,8H2,(H,15,20)(H,16,17)(H,18,19). The second-order valence-electron chi connectivity index (χ2n) is 4.65. The Kier molecular flexibility index (Phi) is 4.76. The highest BCUT2D eigenvalue weighted by Crippen LogP contribution is 2.28. The number of carboxylic acid groups (broad SMARTS) is 1. The number of hydrogen-bond acceptors (Lipinski definition) is 4. The van der Waals surface area contributed by atoms with Gasteiger partial charge in [0.2, 0.25) is 0 Å². The molecule has 0 saturated heterocycles. The lowest BCUT2D eigenvalue weighted by Crippen LogP contribution is -2.27. The molecule has 0 atom stereocenters. The van der Waals surface area contributed by atoms with Gasteiger partial charge >= 0.3 is 5.97 Å². The SMILES string of the molecule is O=C(O)CCCCNC(=O)c1ccc2c(c1)NC(=O)CO2. The minimum absolute atomic E-state index is 0.0257. The molecular formula is C14H16N2O5. The van der Waals surface area contributed by atoms with E-state index in [0.717, 1.165) is 0 Å². The van der Waals surface area contributed by atoms with Crippen molar-refractivity contribution in [1.82, 2.24) is 5.32 Å². The summed E-state index contributed by atoms with van der Waals surface area (Å²) in [4.78, 5) is 33.5. The zero-order chi connectivity index (χ0) is 15.2. The highest BCUT2D eigenvalue weighted by molar-refractivity contribution is 5.99. The molecule has 7 heteroatoms. The molecule has 112 valence electrons. The first kappa shape index (κ1) is 14.8. The number of rotatable bonds is 6. The van der Waals surface area contributed by atoms with Gasteiger partial charge in [-0.05, 0) is 31.0 Å². The Hall–Kier alpha value is -2.57. The van der Waals surface area contributed by atoms with Gasteiger partial charge in [0.15, 0.2) is 6.61 Å². The fourth-order valence-corrected chi connectivity index (χ4v) is 1.93. The molecule has 0 spiro atoms. The lowest BCUT2D eigenvalue weighted by molar-refractivity contribution is -0.137. The van der Waals surface area contributed by atoms with Crippen molar-refractivity contribution in [1.29, 1.82) is 0 Å². The van der Waals surface area contributed by atoms with Gasteiger partial charge in [-0.15, -0.1) is 0 Å². The van der Waals surface area contributed by atoms with Crippen LogP contribution >= 0.6 is 0 Å². The quantitative estimate of drug-likeness (QED) is 0.678. The average molecular weight is 292 g/mol. The molecule has 7 nitrogen and oxygen atoms in total. The number of carbonyl (C=O) groups is 3. The highest BCUT2D eigenvalue weighted by atomic mass is 16.5.